The molecule has 0 spiro atoms. The fourth-order valence-electron chi connectivity index (χ4n) is 4.50. The standard InChI is InChI=1S/C18H34N2O2/c1-14(2)18(17(3,4)5)8-6-15(7-9-18)19-16(21)20-10-12-22-13-11-20/h14-15H,6-13H2,1-5H3,(H,19,21). The predicted octanol–water partition coefficient (Wildman–Crippen LogP) is 3.66. The molecule has 0 unspecified atom stereocenters. The molecular formula is C18H34N2O2. The first-order valence-electron chi connectivity index (χ1n) is 8.89. The molecular weight excluding hydrogens is 276 g/mol. The molecule has 0 atom stereocenters. The summed E-state index contributed by atoms with van der Waals surface area (Å²) in [6.45, 7) is 14.6. The number of amides is 2. The van der Waals surface area contributed by atoms with Crippen LogP contribution in [-0.2, 0) is 4.74 Å². The Balaban J connectivity index is 1.89. The van der Waals surface area contributed by atoms with Crippen LogP contribution in [0.4, 0.5) is 4.79 Å². The van der Waals surface area contributed by atoms with Gasteiger partial charge < -0.3 is 15.0 Å². The number of carbonyl (C=O) groups excluding carboxylic acids is 1. The maximum Gasteiger partial charge on any atom is 0.317 e. The summed E-state index contributed by atoms with van der Waals surface area (Å²) < 4.78 is 5.31. The Morgan fingerprint density at radius 1 is 1.18 bits per heavy atom. The summed E-state index contributed by atoms with van der Waals surface area (Å²) in [5.41, 5.74) is 0.716. The summed E-state index contributed by atoms with van der Waals surface area (Å²) in [6, 6.07) is 0.436. The molecule has 0 bridgehead atoms. The van der Waals surface area contributed by atoms with Gasteiger partial charge in [0.25, 0.3) is 0 Å². The number of rotatable bonds is 2. The zero-order chi connectivity index (χ0) is 16.4. The van der Waals surface area contributed by atoms with Gasteiger partial charge in [0, 0.05) is 19.1 Å². The van der Waals surface area contributed by atoms with E-state index in [-0.39, 0.29) is 6.03 Å². The second-order valence-corrected chi connectivity index (χ2v) is 8.38. The van der Waals surface area contributed by atoms with Crippen LogP contribution in [0.3, 0.4) is 0 Å². The van der Waals surface area contributed by atoms with Crippen LogP contribution >= 0.6 is 0 Å². The Kier molecular flexibility index (Phi) is 5.41. The number of ether oxygens (including phenoxy) is 1. The van der Waals surface area contributed by atoms with Crippen LogP contribution in [0.1, 0.15) is 60.3 Å². The van der Waals surface area contributed by atoms with Crippen LogP contribution in [0, 0.1) is 16.7 Å². The minimum Gasteiger partial charge on any atom is -0.378 e. The normalized spacial score (nSPS) is 30.5. The number of urea groups is 1. The maximum absolute atomic E-state index is 12.3. The summed E-state index contributed by atoms with van der Waals surface area (Å²) in [4.78, 5) is 14.2. The van der Waals surface area contributed by atoms with Crippen molar-refractivity contribution >= 4 is 6.03 Å². The summed E-state index contributed by atoms with van der Waals surface area (Å²) in [6.07, 6.45) is 4.63. The number of morpholine rings is 1. The van der Waals surface area contributed by atoms with Gasteiger partial charge in [0.15, 0.2) is 0 Å². The van der Waals surface area contributed by atoms with Crippen molar-refractivity contribution < 1.29 is 9.53 Å². The van der Waals surface area contributed by atoms with Gasteiger partial charge in [0.2, 0.25) is 0 Å². The molecule has 1 N–H and O–H groups in total. The minimum absolute atomic E-state index is 0.0982. The number of hydrogen-bond donors (Lipinski definition) is 1. The molecule has 1 aliphatic heterocycles. The second kappa shape index (κ2) is 6.77. The highest BCUT2D eigenvalue weighted by atomic mass is 16.5. The number of nitrogens with one attached hydrogen (secondary N) is 1. The minimum atomic E-state index is 0.0982. The monoisotopic (exact) mass is 310 g/mol. The third-order valence-electron chi connectivity index (χ3n) is 6.10. The molecule has 1 heterocycles. The van der Waals surface area contributed by atoms with Crippen molar-refractivity contribution in [2.45, 2.75) is 66.3 Å². The lowest BCUT2D eigenvalue weighted by Crippen LogP contribution is -2.52. The molecule has 0 radical (unpaired) electrons. The van der Waals surface area contributed by atoms with E-state index in [0.29, 0.717) is 36.0 Å². The highest BCUT2D eigenvalue weighted by molar-refractivity contribution is 5.74. The highest BCUT2D eigenvalue weighted by Crippen LogP contribution is 2.54. The fourth-order valence-corrected chi connectivity index (χ4v) is 4.50. The van der Waals surface area contributed by atoms with Crippen LogP contribution in [0.2, 0.25) is 0 Å². The van der Waals surface area contributed by atoms with E-state index in [1.165, 1.54) is 12.8 Å². The molecule has 0 aromatic rings. The molecule has 22 heavy (non-hydrogen) atoms. The van der Waals surface area contributed by atoms with Crippen molar-refractivity contribution in [1.82, 2.24) is 10.2 Å². The van der Waals surface area contributed by atoms with Gasteiger partial charge >= 0.3 is 6.03 Å². The average molecular weight is 310 g/mol. The quantitative estimate of drug-likeness (QED) is 0.845. The van der Waals surface area contributed by atoms with E-state index in [1.807, 2.05) is 4.90 Å². The van der Waals surface area contributed by atoms with Gasteiger partial charge in [-0.05, 0) is 42.4 Å². The Bertz CT molecular complexity index is 373. The van der Waals surface area contributed by atoms with Gasteiger partial charge in [-0.15, -0.1) is 0 Å². The van der Waals surface area contributed by atoms with E-state index in [9.17, 15) is 4.79 Å². The maximum atomic E-state index is 12.3. The number of nitrogens with zero attached hydrogens (tertiary/aromatic N) is 1. The predicted molar refractivity (Wildman–Crippen MR) is 89.9 cm³/mol. The van der Waals surface area contributed by atoms with Crippen LogP contribution < -0.4 is 5.32 Å². The largest absolute Gasteiger partial charge is 0.378 e. The Morgan fingerprint density at radius 3 is 2.18 bits per heavy atom. The summed E-state index contributed by atoms with van der Waals surface area (Å²) in [5.74, 6) is 0.684. The van der Waals surface area contributed by atoms with Gasteiger partial charge in [-0.25, -0.2) is 4.79 Å². The molecule has 2 aliphatic rings. The van der Waals surface area contributed by atoms with Crippen molar-refractivity contribution in [3.63, 3.8) is 0 Å². The summed E-state index contributed by atoms with van der Waals surface area (Å²) in [7, 11) is 0. The first-order chi connectivity index (χ1) is 10.3. The van der Waals surface area contributed by atoms with Gasteiger partial charge in [0.1, 0.15) is 0 Å². The fraction of sp³-hybridized carbons (Fsp3) is 0.944. The molecule has 2 fully saturated rings. The third-order valence-corrected chi connectivity index (χ3v) is 6.10. The summed E-state index contributed by atoms with van der Waals surface area (Å²) in [5, 5.41) is 3.25. The van der Waals surface area contributed by atoms with Gasteiger partial charge in [-0.2, -0.15) is 0 Å². The molecule has 0 aromatic heterocycles. The second-order valence-electron chi connectivity index (χ2n) is 8.38. The van der Waals surface area contributed by atoms with Gasteiger partial charge in [-0.3, -0.25) is 0 Å². The van der Waals surface area contributed by atoms with E-state index in [1.54, 1.807) is 0 Å². The SMILES string of the molecule is CC(C)C1(C(C)(C)C)CCC(NC(=O)N2CCOCC2)CC1. The van der Waals surface area contributed by atoms with Crippen molar-refractivity contribution in [3.05, 3.63) is 0 Å². The lowest BCUT2D eigenvalue weighted by atomic mass is 9.54. The van der Waals surface area contributed by atoms with E-state index >= 15 is 0 Å². The van der Waals surface area contributed by atoms with Crippen molar-refractivity contribution in [2.24, 2.45) is 16.7 Å². The van der Waals surface area contributed by atoms with E-state index < -0.39 is 0 Å². The highest BCUT2D eigenvalue weighted by Gasteiger charge is 2.46. The van der Waals surface area contributed by atoms with Crippen molar-refractivity contribution in [2.75, 3.05) is 26.3 Å². The van der Waals surface area contributed by atoms with Crippen molar-refractivity contribution in [1.29, 1.82) is 0 Å². The van der Waals surface area contributed by atoms with E-state index in [4.69, 9.17) is 4.74 Å². The molecule has 1 saturated carbocycles. The van der Waals surface area contributed by atoms with Crippen molar-refractivity contribution in [3.8, 4) is 0 Å². The smallest absolute Gasteiger partial charge is 0.317 e. The first kappa shape index (κ1) is 17.6. The Morgan fingerprint density at radius 2 is 1.73 bits per heavy atom. The van der Waals surface area contributed by atoms with Crippen LogP contribution in [0.15, 0.2) is 0 Å². The molecule has 0 aromatic carbocycles. The molecule has 4 nitrogen and oxygen atoms in total. The first-order valence-corrected chi connectivity index (χ1v) is 8.89. The zero-order valence-electron chi connectivity index (χ0n) is 15.1. The Labute approximate surface area is 136 Å². The van der Waals surface area contributed by atoms with Gasteiger partial charge in [0.05, 0.1) is 13.2 Å². The zero-order valence-corrected chi connectivity index (χ0v) is 15.1. The lowest BCUT2D eigenvalue weighted by Gasteiger charge is -2.52. The molecule has 2 amide bonds. The topological polar surface area (TPSA) is 41.6 Å². The Hall–Kier alpha value is -0.770. The molecule has 128 valence electrons. The van der Waals surface area contributed by atoms with Gasteiger partial charge in [-0.1, -0.05) is 34.6 Å². The van der Waals surface area contributed by atoms with E-state index in [2.05, 4.69) is 39.9 Å². The average Bonchev–Trinajstić information content (AvgIpc) is 2.47. The van der Waals surface area contributed by atoms with E-state index in [0.717, 1.165) is 25.9 Å². The van der Waals surface area contributed by atoms with Crippen LogP contribution in [0.25, 0.3) is 0 Å². The lowest BCUT2D eigenvalue weighted by molar-refractivity contribution is -0.0162. The number of carbonyl (C=O) groups is 1. The molecule has 1 saturated heterocycles. The molecule has 4 heteroatoms. The third kappa shape index (κ3) is 3.58. The summed E-state index contributed by atoms with van der Waals surface area (Å²) >= 11 is 0. The number of hydrogen-bond acceptors (Lipinski definition) is 2. The molecule has 1 aliphatic carbocycles. The van der Waals surface area contributed by atoms with Crippen LogP contribution in [0.5, 0.6) is 0 Å². The molecule has 2 rings (SSSR count). The van der Waals surface area contributed by atoms with Crippen LogP contribution in [-0.4, -0.2) is 43.3 Å².